The number of nitrogens with zero attached hydrogens (tertiary/aromatic N) is 4. The van der Waals surface area contributed by atoms with Crippen LogP contribution in [0.2, 0.25) is 0 Å². The molecule has 11 nitrogen and oxygen atoms in total. The smallest absolute Gasteiger partial charge is 0.410 e. The van der Waals surface area contributed by atoms with Gasteiger partial charge < -0.3 is 14.6 Å². The zero-order chi connectivity index (χ0) is 24.1. The number of nitrogens with one attached hydrogen (secondary N) is 2. The Kier molecular flexibility index (Phi) is 5.55. The Morgan fingerprint density at radius 2 is 1.94 bits per heavy atom. The quantitative estimate of drug-likeness (QED) is 0.279. The fourth-order valence-corrected chi connectivity index (χ4v) is 4.03. The number of aromatic amines is 1. The van der Waals surface area contributed by atoms with Crippen LogP contribution < -0.4 is 5.56 Å². The Labute approximate surface area is 190 Å². The van der Waals surface area contributed by atoms with Gasteiger partial charge in [0.05, 0.1) is 17.5 Å². The first-order valence-electron chi connectivity index (χ1n) is 11.1. The maximum absolute atomic E-state index is 12.4. The number of aromatic nitrogens is 3. The summed E-state index contributed by atoms with van der Waals surface area (Å²) in [5.41, 5.74) is -0.537. The van der Waals surface area contributed by atoms with Crippen molar-refractivity contribution in [3.8, 4) is 0 Å². The van der Waals surface area contributed by atoms with Crippen LogP contribution in [0.15, 0.2) is 17.1 Å². The highest BCUT2D eigenvalue weighted by Gasteiger charge is 2.48. The van der Waals surface area contributed by atoms with E-state index in [9.17, 15) is 19.6 Å². The molecule has 4 rings (SSSR count). The third kappa shape index (κ3) is 4.50. The number of likely N-dealkylation sites (tertiary alicyclic amines) is 1. The molecule has 0 unspecified atom stereocenters. The summed E-state index contributed by atoms with van der Waals surface area (Å²) in [4.78, 5) is 41.5. The molecule has 0 aromatic carbocycles. The van der Waals surface area contributed by atoms with Gasteiger partial charge in [-0.1, -0.05) is 6.92 Å². The van der Waals surface area contributed by atoms with Crippen molar-refractivity contribution in [2.24, 2.45) is 5.41 Å². The van der Waals surface area contributed by atoms with Gasteiger partial charge in [-0.2, -0.15) is 10.2 Å². The summed E-state index contributed by atoms with van der Waals surface area (Å²) in [6.45, 7) is 8.17. The van der Waals surface area contributed by atoms with Crippen molar-refractivity contribution in [2.75, 3.05) is 13.1 Å². The molecular formula is C22H30N6O5. The van der Waals surface area contributed by atoms with Crippen LogP contribution in [0, 0.1) is 10.8 Å². The molecule has 1 saturated carbocycles. The molecule has 2 aromatic heterocycles. The van der Waals surface area contributed by atoms with Gasteiger partial charge in [0, 0.05) is 30.5 Å². The molecule has 0 bridgehead atoms. The van der Waals surface area contributed by atoms with Crippen LogP contribution in [-0.4, -0.2) is 66.3 Å². The van der Waals surface area contributed by atoms with Crippen LogP contribution in [0.3, 0.4) is 0 Å². The van der Waals surface area contributed by atoms with Gasteiger partial charge in [-0.05, 0) is 46.5 Å². The summed E-state index contributed by atoms with van der Waals surface area (Å²) >= 11 is 0. The molecule has 2 aromatic rings. The number of hydrogen-bond donors (Lipinski definition) is 3. The minimum atomic E-state index is -0.648. The molecule has 2 fully saturated rings. The molecule has 0 spiro atoms. The monoisotopic (exact) mass is 458 g/mol. The molecule has 1 saturated heterocycles. The van der Waals surface area contributed by atoms with E-state index < -0.39 is 22.8 Å². The third-order valence-corrected chi connectivity index (χ3v) is 6.27. The van der Waals surface area contributed by atoms with E-state index in [2.05, 4.69) is 10.1 Å². The standard InChI is InChI=1S/C22H30N6O5/c1-21(2,3)33-20(31)26-9-5-13(6-10-26)15-11-16(29)25-18-14(12-24-27(15)18)17(23)28(32)19(30)22(4)7-8-22/h11-13,23,32H,5-10H2,1-4H3,(H,25,29). The first-order chi connectivity index (χ1) is 15.4. The van der Waals surface area contributed by atoms with Gasteiger partial charge in [-0.25, -0.2) is 9.31 Å². The average Bonchev–Trinajstić information content (AvgIpc) is 3.36. The van der Waals surface area contributed by atoms with Crippen LogP contribution in [0.4, 0.5) is 4.79 Å². The predicted octanol–water partition coefficient (Wildman–Crippen LogP) is 2.48. The topological polar surface area (TPSA) is 144 Å². The van der Waals surface area contributed by atoms with E-state index in [4.69, 9.17) is 10.1 Å². The summed E-state index contributed by atoms with van der Waals surface area (Å²) < 4.78 is 6.98. The van der Waals surface area contributed by atoms with Gasteiger partial charge in [0.2, 0.25) is 0 Å². The molecule has 3 heterocycles. The van der Waals surface area contributed by atoms with Gasteiger partial charge in [0.15, 0.2) is 5.84 Å². The van der Waals surface area contributed by atoms with Gasteiger partial charge >= 0.3 is 6.09 Å². The highest BCUT2D eigenvalue weighted by molar-refractivity contribution is 6.09. The lowest BCUT2D eigenvalue weighted by Crippen LogP contribution is -2.41. The summed E-state index contributed by atoms with van der Waals surface area (Å²) in [5, 5.41) is 23.3. The van der Waals surface area contributed by atoms with E-state index in [1.807, 2.05) is 20.8 Å². The Balaban J connectivity index is 1.55. The fourth-order valence-electron chi connectivity index (χ4n) is 4.03. The minimum absolute atomic E-state index is 0.0346. The molecule has 0 radical (unpaired) electrons. The fraction of sp³-hybridized carbons (Fsp3) is 0.591. The van der Waals surface area contributed by atoms with Crippen molar-refractivity contribution < 1.29 is 19.5 Å². The number of piperidine rings is 1. The Hall–Kier alpha value is -3.21. The maximum Gasteiger partial charge on any atom is 0.410 e. The van der Waals surface area contributed by atoms with Crippen molar-refractivity contribution >= 4 is 23.5 Å². The summed E-state index contributed by atoms with van der Waals surface area (Å²) in [7, 11) is 0. The van der Waals surface area contributed by atoms with E-state index in [-0.39, 0.29) is 28.8 Å². The van der Waals surface area contributed by atoms with E-state index in [0.29, 0.717) is 49.5 Å². The second-order valence-corrected chi connectivity index (χ2v) is 10.1. The first kappa shape index (κ1) is 23.0. The molecule has 11 heteroatoms. The third-order valence-electron chi connectivity index (χ3n) is 6.27. The lowest BCUT2D eigenvalue weighted by atomic mass is 9.93. The van der Waals surface area contributed by atoms with Crippen LogP contribution in [-0.2, 0) is 9.53 Å². The van der Waals surface area contributed by atoms with Gasteiger partial charge in [-0.3, -0.25) is 20.2 Å². The minimum Gasteiger partial charge on any atom is -0.444 e. The number of H-pyrrole nitrogens is 1. The molecule has 1 aliphatic heterocycles. The molecule has 2 aliphatic rings. The predicted molar refractivity (Wildman–Crippen MR) is 118 cm³/mol. The largest absolute Gasteiger partial charge is 0.444 e. The van der Waals surface area contributed by atoms with Crippen molar-refractivity contribution in [3.05, 3.63) is 33.9 Å². The number of fused-ring (bicyclic) bond motifs is 1. The van der Waals surface area contributed by atoms with Crippen LogP contribution in [0.1, 0.15) is 70.6 Å². The zero-order valence-corrected chi connectivity index (χ0v) is 19.3. The van der Waals surface area contributed by atoms with Gasteiger partial charge in [-0.15, -0.1) is 0 Å². The molecular weight excluding hydrogens is 428 g/mol. The summed E-state index contributed by atoms with van der Waals surface area (Å²) in [5.74, 6) is -1.01. The van der Waals surface area contributed by atoms with Crippen molar-refractivity contribution in [3.63, 3.8) is 0 Å². The summed E-state index contributed by atoms with van der Waals surface area (Å²) in [6, 6.07) is 1.47. The second-order valence-electron chi connectivity index (χ2n) is 10.1. The van der Waals surface area contributed by atoms with Gasteiger partial charge in [0.1, 0.15) is 11.2 Å². The number of hydrogen-bond acceptors (Lipinski definition) is 7. The van der Waals surface area contributed by atoms with Crippen molar-refractivity contribution in [1.82, 2.24) is 24.6 Å². The second kappa shape index (κ2) is 7.98. The van der Waals surface area contributed by atoms with Gasteiger partial charge in [0.25, 0.3) is 11.5 Å². The normalized spacial score (nSPS) is 18.3. The highest BCUT2D eigenvalue weighted by Crippen LogP contribution is 2.46. The Morgan fingerprint density at radius 1 is 1.30 bits per heavy atom. The van der Waals surface area contributed by atoms with Crippen molar-refractivity contribution in [1.29, 1.82) is 5.41 Å². The molecule has 1 aliphatic carbocycles. The van der Waals surface area contributed by atoms with Crippen LogP contribution in [0.5, 0.6) is 0 Å². The SMILES string of the molecule is CC(C)(C)OC(=O)N1CCC(c2cc(=O)[nH]c3c(C(=N)N(O)C(=O)C4(C)CC4)cnn23)CC1. The number of amides is 2. The van der Waals surface area contributed by atoms with E-state index in [0.717, 1.165) is 0 Å². The molecule has 2 amide bonds. The molecule has 0 atom stereocenters. The van der Waals surface area contributed by atoms with Crippen LogP contribution in [0.25, 0.3) is 5.65 Å². The number of rotatable bonds is 3. The molecule has 33 heavy (non-hydrogen) atoms. The van der Waals surface area contributed by atoms with E-state index in [1.165, 1.54) is 16.8 Å². The Bertz CT molecular complexity index is 1160. The van der Waals surface area contributed by atoms with E-state index >= 15 is 0 Å². The lowest BCUT2D eigenvalue weighted by Gasteiger charge is -2.33. The van der Waals surface area contributed by atoms with E-state index in [1.54, 1.807) is 11.8 Å². The number of amidine groups is 1. The number of ether oxygens (including phenoxy) is 1. The zero-order valence-electron chi connectivity index (χ0n) is 19.3. The average molecular weight is 459 g/mol. The number of carbonyl (C=O) groups excluding carboxylic acids is 2. The first-order valence-corrected chi connectivity index (χ1v) is 11.1. The molecule has 178 valence electrons. The highest BCUT2D eigenvalue weighted by atomic mass is 16.6. The molecule has 3 N–H and O–H groups in total. The number of hydroxylamine groups is 2. The summed E-state index contributed by atoms with van der Waals surface area (Å²) in [6.07, 6.45) is 3.56. The van der Waals surface area contributed by atoms with Crippen molar-refractivity contribution in [2.45, 2.75) is 64.9 Å². The maximum atomic E-state index is 12.4. The van der Waals surface area contributed by atoms with Crippen LogP contribution >= 0.6 is 0 Å². The Morgan fingerprint density at radius 3 is 2.52 bits per heavy atom. The lowest BCUT2D eigenvalue weighted by molar-refractivity contribution is -0.154. The number of carbonyl (C=O) groups is 2.